The van der Waals surface area contributed by atoms with Gasteiger partial charge in [0.2, 0.25) is 5.28 Å². The number of urea groups is 1. The quantitative estimate of drug-likeness (QED) is 0.457. The topological polar surface area (TPSA) is 78.4 Å². The highest BCUT2D eigenvalue weighted by Gasteiger charge is 2.42. The highest BCUT2D eigenvalue weighted by atomic mass is 35.5. The third-order valence-corrected chi connectivity index (χ3v) is 6.11. The van der Waals surface area contributed by atoms with Gasteiger partial charge in [-0.1, -0.05) is 12.1 Å². The van der Waals surface area contributed by atoms with E-state index in [0.29, 0.717) is 17.2 Å². The molecule has 0 unspecified atom stereocenters. The lowest BCUT2D eigenvalue weighted by Gasteiger charge is -2.37. The van der Waals surface area contributed by atoms with E-state index in [1.165, 1.54) is 12.1 Å². The van der Waals surface area contributed by atoms with Crippen molar-refractivity contribution in [2.75, 3.05) is 15.1 Å². The zero-order chi connectivity index (χ0) is 24.9. The number of carbonyl (C=O) groups is 2. The Hall–Kier alpha value is -3.66. The van der Waals surface area contributed by atoms with Gasteiger partial charge < -0.3 is 5.32 Å². The highest BCUT2D eigenvalue weighted by molar-refractivity contribution is 6.28. The summed E-state index contributed by atoms with van der Waals surface area (Å²) in [6.45, 7) is 2.04. The van der Waals surface area contributed by atoms with Gasteiger partial charge in [-0.05, 0) is 67.3 Å². The van der Waals surface area contributed by atoms with E-state index in [9.17, 15) is 22.8 Å². The molecule has 5 rings (SSSR count). The van der Waals surface area contributed by atoms with E-state index in [0.717, 1.165) is 36.1 Å². The normalized spacial score (nSPS) is 15.7. The molecule has 0 saturated heterocycles. The fourth-order valence-corrected chi connectivity index (χ4v) is 4.15. The lowest BCUT2D eigenvalue weighted by Crippen LogP contribution is -2.49. The summed E-state index contributed by atoms with van der Waals surface area (Å²) in [5.74, 6) is -0.190. The van der Waals surface area contributed by atoms with Gasteiger partial charge in [-0.25, -0.2) is 9.78 Å². The van der Waals surface area contributed by atoms with E-state index < -0.39 is 17.6 Å². The number of alkyl halides is 3. The minimum absolute atomic E-state index is 0.0270. The van der Waals surface area contributed by atoms with Crippen molar-refractivity contribution in [2.45, 2.75) is 38.5 Å². The van der Waals surface area contributed by atoms with Crippen molar-refractivity contribution in [2.24, 2.45) is 0 Å². The summed E-state index contributed by atoms with van der Waals surface area (Å²) >= 11 is 5.97. The van der Waals surface area contributed by atoms with Crippen LogP contribution >= 0.6 is 11.6 Å². The van der Waals surface area contributed by atoms with Crippen LogP contribution in [0.5, 0.6) is 0 Å². The van der Waals surface area contributed by atoms with Crippen molar-refractivity contribution < 1.29 is 22.8 Å². The Morgan fingerprint density at radius 1 is 1.17 bits per heavy atom. The third kappa shape index (κ3) is 4.53. The van der Waals surface area contributed by atoms with Gasteiger partial charge in [0.1, 0.15) is 5.82 Å². The predicted octanol–water partition coefficient (Wildman–Crippen LogP) is 5.82. The second-order valence-electron chi connectivity index (χ2n) is 8.49. The lowest BCUT2D eigenvalue weighted by atomic mass is 10.1. The average molecular weight is 502 g/mol. The highest BCUT2D eigenvalue weighted by Crippen LogP contribution is 2.39. The van der Waals surface area contributed by atoms with Crippen LogP contribution < -0.4 is 15.1 Å². The Bertz CT molecular complexity index is 1340. The SMILES string of the molecule is Cc1ccc(NC(=O)c2cccc(C(F)(F)F)c2)cc1N1Cc2cnc(Cl)nc2N(C2CC2)C1=O. The van der Waals surface area contributed by atoms with Crippen molar-refractivity contribution in [3.63, 3.8) is 0 Å². The number of aromatic nitrogens is 2. The first-order valence-corrected chi connectivity index (χ1v) is 11.2. The van der Waals surface area contributed by atoms with Crippen LogP contribution in [-0.2, 0) is 12.7 Å². The minimum atomic E-state index is -4.56. The molecule has 2 aliphatic rings. The maximum absolute atomic E-state index is 13.5. The molecule has 35 heavy (non-hydrogen) atoms. The second kappa shape index (κ2) is 8.53. The Morgan fingerprint density at radius 2 is 1.94 bits per heavy atom. The van der Waals surface area contributed by atoms with Crippen LogP contribution in [0.4, 0.5) is 35.2 Å². The number of anilines is 3. The zero-order valence-corrected chi connectivity index (χ0v) is 19.2. The van der Waals surface area contributed by atoms with Crippen LogP contribution in [0.3, 0.4) is 0 Å². The van der Waals surface area contributed by atoms with Gasteiger partial charge >= 0.3 is 12.2 Å². The summed E-state index contributed by atoms with van der Waals surface area (Å²) in [5, 5.41) is 2.69. The summed E-state index contributed by atoms with van der Waals surface area (Å²) in [5.41, 5.74) is 1.39. The van der Waals surface area contributed by atoms with E-state index in [1.807, 2.05) is 6.92 Å². The first kappa shape index (κ1) is 23.1. The molecule has 1 saturated carbocycles. The standard InChI is InChI=1S/C24H19ClF3N5O2/c1-13-5-6-17(30-21(34)14-3-2-4-16(9-14)24(26,27)28)10-19(13)32-12-15-11-29-22(25)31-20(15)33(23(32)35)18-7-8-18/h2-6,9-11,18H,7-8,12H2,1H3,(H,30,34). The summed E-state index contributed by atoms with van der Waals surface area (Å²) in [6.07, 6.45) is -1.26. The van der Waals surface area contributed by atoms with Gasteiger partial charge in [-0.2, -0.15) is 18.2 Å². The Morgan fingerprint density at radius 3 is 2.66 bits per heavy atom. The van der Waals surface area contributed by atoms with Gasteiger partial charge in [0.05, 0.1) is 17.8 Å². The first-order chi connectivity index (χ1) is 16.6. The van der Waals surface area contributed by atoms with E-state index in [2.05, 4.69) is 15.3 Å². The fourth-order valence-electron chi connectivity index (χ4n) is 4.02. The monoisotopic (exact) mass is 501 g/mol. The predicted molar refractivity (Wildman–Crippen MR) is 125 cm³/mol. The minimum Gasteiger partial charge on any atom is -0.322 e. The number of fused-ring (bicyclic) bond motifs is 1. The molecule has 0 bridgehead atoms. The number of hydrogen-bond acceptors (Lipinski definition) is 4. The Kier molecular flexibility index (Phi) is 5.63. The maximum Gasteiger partial charge on any atom is 0.416 e. The molecular weight excluding hydrogens is 483 g/mol. The number of benzene rings is 2. The van der Waals surface area contributed by atoms with Gasteiger partial charge in [-0.15, -0.1) is 0 Å². The number of nitrogens with one attached hydrogen (secondary N) is 1. The van der Waals surface area contributed by atoms with E-state index in [4.69, 9.17) is 11.6 Å². The van der Waals surface area contributed by atoms with Crippen molar-refractivity contribution in [1.29, 1.82) is 0 Å². The molecular formula is C24H19ClF3N5O2. The summed E-state index contributed by atoms with van der Waals surface area (Å²) in [6, 6.07) is 8.96. The molecule has 0 radical (unpaired) electrons. The van der Waals surface area contributed by atoms with Crippen molar-refractivity contribution in [1.82, 2.24) is 9.97 Å². The lowest BCUT2D eigenvalue weighted by molar-refractivity contribution is -0.137. The van der Waals surface area contributed by atoms with Crippen LogP contribution in [0.15, 0.2) is 48.7 Å². The zero-order valence-electron chi connectivity index (χ0n) is 18.4. The molecule has 1 aliphatic carbocycles. The molecule has 2 aromatic carbocycles. The first-order valence-electron chi connectivity index (χ1n) is 10.8. The molecule has 1 N–H and O–H groups in total. The fraction of sp³-hybridized carbons (Fsp3) is 0.250. The second-order valence-corrected chi connectivity index (χ2v) is 8.83. The largest absolute Gasteiger partial charge is 0.416 e. The Balaban J connectivity index is 1.44. The van der Waals surface area contributed by atoms with Gasteiger partial charge in [0.25, 0.3) is 5.91 Å². The number of carbonyl (C=O) groups excluding carboxylic acids is 2. The number of aryl methyl sites for hydroxylation is 1. The summed E-state index contributed by atoms with van der Waals surface area (Å²) < 4.78 is 39.1. The van der Waals surface area contributed by atoms with Crippen LogP contribution in [0, 0.1) is 6.92 Å². The van der Waals surface area contributed by atoms with Crippen LogP contribution in [0.25, 0.3) is 0 Å². The number of halogens is 4. The number of rotatable bonds is 4. The Labute approximate surface area is 203 Å². The smallest absolute Gasteiger partial charge is 0.322 e. The molecule has 7 nitrogen and oxygen atoms in total. The molecule has 3 amide bonds. The van der Waals surface area contributed by atoms with Crippen LogP contribution in [0.1, 0.15) is 39.9 Å². The molecule has 3 aromatic rings. The van der Waals surface area contributed by atoms with E-state index >= 15 is 0 Å². The molecule has 180 valence electrons. The average Bonchev–Trinajstić information content (AvgIpc) is 3.65. The van der Waals surface area contributed by atoms with Gasteiger partial charge in [-0.3, -0.25) is 14.6 Å². The number of hydrogen-bond donors (Lipinski definition) is 1. The molecule has 1 aliphatic heterocycles. The molecule has 11 heteroatoms. The number of nitrogens with zero attached hydrogens (tertiary/aromatic N) is 4. The maximum atomic E-state index is 13.5. The summed E-state index contributed by atoms with van der Waals surface area (Å²) in [7, 11) is 0. The molecule has 2 heterocycles. The van der Waals surface area contributed by atoms with Gasteiger partial charge in [0, 0.05) is 29.1 Å². The van der Waals surface area contributed by atoms with Gasteiger partial charge in [0.15, 0.2) is 0 Å². The molecule has 0 spiro atoms. The third-order valence-electron chi connectivity index (χ3n) is 5.93. The van der Waals surface area contributed by atoms with Crippen LogP contribution in [-0.4, -0.2) is 27.9 Å². The van der Waals surface area contributed by atoms with E-state index in [1.54, 1.807) is 34.2 Å². The molecule has 1 aromatic heterocycles. The molecule has 1 fully saturated rings. The van der Waals surface area contributed by atoms with Crippen molar-refractivity contribution in [3.8, 4) is 0 Å². The van der Waals surface area contributed by atoms with Crippen molar-refractivity contribution >= 4 is 40.7 Å². The van der Waals surface area contributed by atoms with Crippen LogP contribution in [0.2, 0.25) is 5.28 Å². The summed E-state index contributed by atoms with van der Waals surface area (Å²) in [4.78, 5) is 37.7. The number of amides is 3. The molecule has 0 atom stereocenters. The van der Waals surface area contributed by atoms with E-state index in [-0.39, 0.29) is 29.5 Å². The van der Waals surface area contributed by atoms with Crippen molar-refractivity contribution in [3.05, 3.63) is 76.2 Å².